The Kier molecular flexibility index (Phi) is 5.82. The summed E-state index contributed by atoms with van der Waals surface area (Å²) in [7, 11) is -0.275. The molecule has 5 heteroatoms. The molecule has 0 radical (unpaired) electrons. The van der Waals surface area contributed by atoms with Crippen LogP contribution in [-0.2, 0) is 10.0 Å². The summed E-state index contributed by atoms with van der Waals surface area (Å²) in [6.07, 6.45) is 3.22. The second kappa shape index (κ2) is 6.91. The highest BCUT2D eigenvalue weighted by atomic mass is 32.2. The van der Waals surface area contributed by atoms with Gasteiger partial charge in [-0.2, -0.15) is 0 Å². The van der Waals surface area contributed by atoms with E-state index in [9.17, 15) is 8.42 Å². The van der Waals surface area contributed by atoms with Gasteiger partial charge in [0.05, 0.1) is 4.90 Å². The molecule has 19 heavy (non-hydrogen) atoms. The van der Waals surface area contributed by atoms with Gasteiger partial charge in [0.25, 0.3) is 0 Å². The van der Waals surface area contributed by atoms with Gasteiger partial charge in [-0.25, -0.2) is 12.7 Å². The Bertz CT molecular complexity index is 498. The standard InChI is InChI=1S/C14H24N2O2S/c1-5-8-12(6-2)15-13-9-7-10-14(11-13)19(17,18)16(3)4/h7,9-12,15H,5-6,8H2,1-4H3. The lowest BCUT2D eigenvalue weighted by Crippen LogP contribution is -2.23. The van der Waals surface area contributed by atoms with Crippen LogP contribution in [0.2, 0.25) is 0 Å². The molecule has 0 heterocycles. The van der Waals surface area contributed by atoms with Crippen LogP contribution in [0.25, 0.3) is 0 Å². The van der Waals surface area contributed by atoms with Crippen molar-refractivity contribution >= 4 is 15.7 Å². The highest BCUT2D eigenvalue weighted by Gasteiger charge is 2.17. The average Bonchev–Trinajstić information content (AvgIpc) is 2.38. The Morgan fingerprint density at radius 3 is 2.47 bits per heavy atom. The fourth-order valence-electron chi connectivity index (χ4n) is 1.92. The summed E-state index contributed by atoms with van der Waals surface area (Å²) in [5.74, 6) is 0. The number of nitrogens with one attached hydrogen (secondary N) is 1. The molecule has 0 spiro atoms. The SMILES string of the molecule is CCCC(CC)Nc1cccc(S(=O)(=O)N(C)C)c1. The molecule has 1 N–H and O–H groups in total. The Labute approximate surface area is 116 Å². The summed E-state index contributed by atoms with van der Waals surface area (Å²) in [6, 6.07) is 7.40. The Balaban J connectivity index is 2.95. The number of hydrogen-bond donors (Lipinski definition) is 1. The van der Waals surface area contributed by atoms with E-state index in [4.69, 9.17) is 0 Å². The van der Waals surface area contributed by atoms with Crippen molar-refractivity contribution in [3.8, 4) is 0 Å². The van der Waals surface area contributed by atoms with Crippen LogP contribution in [0, 0.1) is 0 Å². The van der Waals surface area contributed by atoms with Crippen molar-refractivity contribution in [2.24, 2.45) is 0 Å². The predicted octanol–water partition coefficient (Wildman–Crippen LogP) is 2.93. The van der Waals surface area contributed by atoms with E-state index in [1.807, 2.05) is 6.07 Å². The third-order valence-corrected chi connectivity index (χ3v) is 4.92. The number of benzene rings is 1. The van der Waals surface area contributed by atoms with Crippen molar-refractivity contribution in [2.75, 3.05) is 19.4 Å². The molecule has 0 amide bonds. The van der Waals surface area contributed by atoms with E-state index in [1.165, 1.54) is 4.31 Å². The number of rotatable bonds is 7. The van der Waals surface area contributed by atoms with Crippen LogP contribution < -0.4 is 5.32 Å². The number of nitrogens with zero attached hydrogens (tertiary/aromatic N) is 1. The molecule has 4 nitrogen and oxygen atoms in total. The van der Waals surface area contributed by atoms with Gasteiger partial charge in [0.1, 0.15) is 0 Å². The molecular weight excluding hydrogens is 260 g/mol. The van der Waals surface area contributed by atoms with Gasteiger partial charge >= 0.3 is 0 Å². The first-order valence-electron chi connectivity index (χ1n) is 6.71. The van der Waals surface area contributed by atoms with E-state index in [2.05, 4.69) is 19.2 Å². The minimum atomic E-state index is -3.36. The Morgan fingerprint density at radius 1 is 1.26 bits per heavy atom. The van der Waals surface area contributed by atoms with Crippen LogP contribution in [0.4, 0.5) is 5.69 Å². The normalized spacial score (nSPS) is 13.5. The van der Waals surface area contributed by atoms with Crippen molar-refractivity contribution in [1.82, 2.24) is 4.31 Å². The molecule has 1 atom stereocenters. The fourth-order valence-corrected chi connectivity index (χ4v) is 2.87. The van der Waals surface area contributed by atoms with Crippen LogP contribution in [0.3, 0.4) is 0 Å². The first-order chi connectivity index (χ1) is 8.91. The minimum Gasteiger partial charge on any atom is -0.382 e. The maximum Gasteiger partial charge on any atom is 0.242 e. The molecule has 0 aromatic heterocycles. The lowest BCUT2D eigenvalue weighted by Gasteiger charge is -2.18. The first-order valence-corrected chi connectivity index (χ1v) is 8.15. The van der Waals surface area contributed by atoms with Gasteiger partial charge in [0.15, 0.2) is 0 Å². The van der Waals surface area contributed by atoms with E-state index >= 15 is 0 Å². The molecule has 1 aromatic rings. The molecule has 0 fully saturated rings. The van der Waals surface area contributed by atoms with Crippen molar-refractivity contribution < 1.29 is 8.42 Å². The van der Waals surface area contributed by atoms with E-state index in [-0.39, 0.29) is 0 Å². The van der Waals surface area contributed by atoms with E-state index in [1.54, 1.807) is 32.3 Å². The zero-order valence-electron chi connectivity index (χ0n) is 12.2. The molecule has 108 valence electrons. The van der Waals surface area contributed by atoms with E-state index in [0.717, 1.165) is 24.9 Å². The highest BCUT2D eigenvalue weighted by molar-refractivity contribution is 7.89. The van der Waals surface area contributed by atoms with Crippen LogP contribution in [0.5, 0.6) is 0 Å². The molecule has 0 saturated carbocycles. The van der Waals surface area contributed by atoms with Crippen molar-refractivity contribution in [3.05, 3.63) is 24.3 Å². The third kappa shape index (κ3) is 4.21. The molecule has 0 aliphatic heterocycles. The molecule has 0 aliphatic rings. The maximum absolute atomic E-state index is 12.1. The van der Waals surface area contributed by atoms with Crippen molar-refractivity contribution in [2.45, 2.75) is 44.0 Å². The average molecular weight is 284 g/mol. The van der Waals surface area contributed by atoms with E-state index in [0.29, 0.717) is 10.9 Å². The number of sulfonamides is 1. The molecular formula is C14H24N2O2S. The topological polar surface area (TPSA) is 49.4 Å². The lowest BCUT2D eigenvalue weighted by atomic mass is 10.1. The van der Waals surface area contributed by atoms with Crippen LogP contribution in [0.15, 0.2) is 29.2 Å². The van der Waals surface area contributed by atoms with Gasteiger partial charge in [-0.3, -0.25) is 0 Å². The third-order valence-electron chi connectivity index (χ3n) is 3.11. The minimum absolute atomic E-state index is 0.328. The predicted molar refractivity (Wildman–Crippen MR) is 79.9 cm³/mol. The number of anilines is 1. The molecule has 0 bridgehead atoms. The van der Waals surface area contributed by atoms with Crippen molar-refractivity contribution in [1.29, 1.82) is 0 Å². The molecule has 0 aliphatic carbocycles. The monoisotopic (exact) mass is 284 g/mol. The first kappa shape index (κ1) is 16.0. The van der Waals surface area contributed by atoms with Gasteiger partial charge < -0.3 is 5.32 Å². The molecule has 1 unspecified atom stereocenters. The van der Waals surface area contributed by atoms with Gasteiger partial charge in [-0.05, 0) is 31.0 Å². The summed E-state index contributed by atoms with van der Waals surface area (Å²) in [5.41, 5.74) is 0.864. The Morgan fingerprint density at radius 2 is 1.95 bits per heavy atom. The summed E-state index contributed by atoms with van der Waals surface area (Å²) in [4.78, 5) is 0.328. The lowest BCUT2D eigenvalue weighted by molar-refractivity contribution is 0.520. The summed E-state index contributed by atoms with van der Waals surface area (Å²) in [5, 5.41) is 3.40. The van der Waals surface area contributed by atoms with Crippen LogP contribution >= 0.6 is 0 Å². The Hall–Kier alpha value is -1.07. The summed E-state index contributed by atoms with van der Waals surface area (Å²) < 4.78 is 25.4. The fraction of sp³-hybridized carbons (Fsp3) is 0.571. The zero-order chi connectivity index (χ0) is 14.5. The van der Waals surface area contributed by atoms with Crippen LogP contribution in [0.1, 0.15) is 33.1 Å². The van der Waals surface area contributed by atoms with Gasteiger partial charge in [-0.1, -0.05) is 26.3 Å². The van der Waals surface area contributed by atoms with Gasteiger partial charge in [-0.15, -0.1) is 0 Å². The summed E-state index contributed by atoms with van der Waals surface area (Å²) in [6.45, 7) is 4.28. The maximum atomic E-state index is 12.1. The quantitative estimate of drug-likeness (QED) is 0.837. The van der Waals surface area contributed by atoms with Gasteiger partial charge in [0, 0.05) is 25.8 Å². The van der Waals surface area contributed by atoms with Gasteiger partial charge in [0.2, 0.25) is 10.0 Å². The molecule has 1 rings (SSSR count). The smallest absolute Gasteiger partial charge is 0.242 e. The van der Waals surface area contributed by atoms with Crippen LogP contribution in [-0.4, -0.2) is 32.9 Å². The second-order valence-electron chi connectivity index (χ2n) is 4.85. The molecule has 0 saturated heterocycles. The molecule has 1 aromatic carbocycles. The largest absolute Gasteiger partial charge is 0.382 e. The number of hydrogen-bond acceptors (Lipinski definition) is 3. The van der Waals surface area contributed by atoms with E-state index < -0.39 is 10.0 Å². The highest BCUT2D eigenvalue weighted by Crippen LogP contribution is 2.19. The zero-order valence-corrected chi connectivity index (χ0v) is 13.0. The summed E-state index contributed by atoms with van der Waals surface area (Å²) >= 11 is 0. The second-order valence-corrected chi connectivity index (χ2v) is 7.01. The van der Waals surface area contributed by atoms with Crippen molar-refractivity contribution in [3.63, 3.8) is 0 Å².